The topological polar surface area (TPSA) is 64.6 Å². The Balaban J connectivity index is 1.64. The maximum atomic E-state index is 14.0. The van der Waals surface area contributed by atoms with Crippen molar-refractivity contribution in [1.82, 2.24) is 5.32 Å². The third-order valence-electron chi connectivity index (χ3n) is 7.06. The van der Waals surface area contributed by atoms with Crippen LogP contribution in [0.4, 0.5) is 4.39 Å². The quantitative estimate of drug-likeness (QED) is 0.664. The van der Waals surface area contributed by atoms with Crippen molar-refractivity contribution in [3.8, 4) is 11.1 Å². The van der Waals surface area contributed by atoms with Crippen LogP contribution >= 0.6 is 11.6 Å². The molecule has 0 aromatic heterocycles. The number of ketones is 1. The van der Waals surface area contributed by atoms with Crippen molar-refractivity contribution in [3.63, 3.8) is 0 Å². The highest BCUT2D eigenvalue weighted by molar-refractivity contribution is 6.30. The molecule has 2 aliphatic rings. The van der Waals surface area contributed by atoms with Gasteiger partial charge in [0.15, 0.2) is 5.78 Å². The number of hydrogen-bond donors (Lipinski definition) is 1. The van der Waals surface area contributed by atoms with Gasteiger partial charge >= 0.3 is 0 Å². The molecule has 1 unspecified atom stereocenters. The standard InChI is InChI=1S/C25H27ClFNO4/c1-15-4-5-16(17-6-7-19(26)20(27)13-17)12-18(15)21-22(29)25(28-23(21)30)10-8-24(32-3,9-11-25)14-31-2/h4-7,12-13,21H,8-11,14H2,1-3H3,(H,28,30). The van der Waals surface area contributed by atoms with E-state index >= 15 is 0 Å². The van der Waals surface area contributed by atoms with Gasteiger partial charge in [-0.3, -0.25) is 9.59 Å². The molecule has 1 amide bonds. The van der Waals surface area contributed by atoms with Crippen LogP contribution < -0.4 is 5.32 Å². The molecule has 1 saturated heterocycles. The molecule has 0 bridgehead atoms. The van der Waals surface area contributed by atoms with Gasteiger partial charge in [-0.05, 0) is 73.1 Å². The normalized spacial score (nSPS) is 27.7. The average Bonchev–Trinajstić information content (AvgIpc) is 3.02. The van der Waals surface area contributed by atoms with Crippen LogP contribution in [0.2, 0.25) is 5.02 Å². The van der Waals surface area contributed by atoms with Crippen LogP contribution in [0.15, 0.2) is 36.4 Å². The van der Waals surface area contributed by atoms with Gasteiger partial charge in [0, 0.05) is 14.2 Å². The maximum Gasteiger partial charge on any atom is 0.235 e. The van der Waals surface area contributed by atoms with E-state index in [0.717, 1.165) is 11.1 Å². The smallest absolute Gasteiger partial charge is 0.235 e. The van der Waals surface area contributed by atoms with E-state index < -0.39 is 22.9 Å². The molecule has 1 atom stereocenters. The molecule has 2 fully saturated rings. The number of hydrogen-bond acceptors (Lipinski definition) is 4. The lowest BCUT2D eigenvalue weighted by atomic mass is 9.71. The minimum Gasteiger partial charge on any atom is -0.382 e. The predicted octanol–water partition coefficient (Wildman–Crippen LogP) is 4.58. The van der Waals surface area contributed by atoms with Gasteiger partial charge in [-0.2, -0.15) is 0 Å². The summed E-state index contributed by atoms with van der Waals surface area (Å²) in [5.41, 5.74) is 1.54. The highest BCUT2D eigenvalue weighted by Crippen LogP contribution is 2.44. The first kappa shape index (κ1) is 22.9. The number of halogens is 2. The first-order chi connectivity index (χ1) is 15.2. The van der Waals surface area contributed by atoms with Crippen LogP contribution in [0.25, 0.3) is 11.1 Å². The summed E-state index contributed by atoms with van der Waals surface area (Å²) in [5, 5.41) is 3.06. The van der Waals surface area contributed by atoms with Gasteiger partial charge in [-0.25, -0.2) is 4.39 Å². The minimum absolute atomic E-state index is 0.0475. The number of ether oxygens (including phenoxy) is 2. The maximum absolute atomic E-state index is 14.0. The Morgan fingerprint density at radius 2 is 1.72 bits per heavy atom. The summed E-state index contributed by atoms with van der Waals surface area (Å²) in [6.45, 7) is 2.33. The second-order valence-electron chi connectivity index (χ2n) is 8.89. The highest BCUT2D eigenvalue weighted by Gasteiger charge is 2.56. The van der Waals surface area contributed by atoms with E-state index in [1.54, 1.807) is 20.3 Å². The molecule has 4 rings (SSSR count). The number of rotatable bonds is 5. The zero-order valence-electron chi connectivity index (χ0n) is 18.5. The Labute approximate surface area is 192 Å². The second-order valence-corrected chi connectivity index (χ2v) is 9.30. The van der Waals surface area contributed by atoms with Crippen molar-refractivity contribution in [2.24, 2.45) is 0 Å². The highest BCUT2D eigenvalue weighted by atomic mass is 35.5. The lowest BCUT2D eigenvalue weighted by molar-refractivity contribution is -0.131. The van der Waals surface area contributed by atoms with E-state index in [1.165, 1.54) is 12.1 Å². The van der Waals surface area contributed by atoms with Crippen LogP contribution in [-0.2, 0) is 19.1 Å². The van der Waals surface area contributed by atoms with Gasteiger partial charge in [0.1, 0.15) is 11.7 Å². The number of nitrogens with one attached hydrogen (secondary N) is 1. The zero-order chi connectivity index (χ0) is 23.1. The molecule has 0 radical (unpaired) electrons. The Hall–Kier alpha value is -2.28. The fourth-order valence-corrected chi connectivity index (χ4v) is 5.15. The van der Waals surface area contributed by atoms with Gasteiger partial charge < -0.3 is 14.8 Å². The van der Waals surface area contributed by atoms with Gasteiger partial charge in [0.25, 0.3) is 0 Å². The number of aryl methyl sites for hydroxylation is 1. The average molecular weight is 460 g/mol. The fourth-order valence-electron chi connectivity index (χ4n) is 5.03. The van der Waals surface area contributed by atoms with E-state index in [-0.39, 0.29) is 16.7 Å². The number of carbonyl (C=O) groups is 2. The number of amides is 1. The molecule has 1 N–H and O–H groups in total. The van der Waals surface area contributed by atoms with E-state index in [2.05, 4.69) is 5.32 Å². The van der Waals surface area contributed by atoms with Crippen molar-refractivity contribution in [2.75, 3.05) is 20.8 Å². The second kappa shape index (κ2) is 8.58. The van der Waals surface area contributed by atoms with E-state index in [9.17, 15) is 14.0 Å². The molecule has 1 spiro atoms. The largest absolute Gasteiger partial charge is 0.382 e. The molecule has 5 nitrogen and oxygen atoms in total. The summed E-state index contributed by atoms with van der Waals surface area (Å²) >= 11 is 5.81. The Kier molecular flexibility index (Phi) is 6.14. The lowest BCUT2D eigenvalue weighted by Crippen LogP contribution is -2.54. The lowest BCUT2D eigenvalue weighted by Gasteiger charge is -2.42. The van der Waals surface area contributed by atoms with Crippen LogP contribution in [0.1, 0.15) is 42.7 Å². The number of carbonyl (C=O) groups excluding carboxylic acids is 2. The third kappa shape index (κ3) is 3.85. The summed E-state index contributed by atoms with van der Waals surface area (Å²) in [4.78, 5) is 26.7. The molecule has 1 heterocycles. The first-order valence-electron chi connectivity index (χ1n) is 10.7. The molecular weight excluding hydrogens is 433 g/mol. The van der Waals surface area contributed by atoms with Crippen molar-refractivity contribution >= 4 is 23.3 Å². The van der Waals surface area contributed by atoms with Crippen LogP contribution in [-0.4, -0.2) is 43.7 Å². The van der Waals surface area contributed by atoms with Gasteiger partial charge in [0.05, 0.1) is 22.8 Å². The molecule has 2 aromatic carbocycles. The van der Waals surface area contributed by atoms with E-state index in [4.69, 9.17) is 21.1 Å². The Bertz CT molecular complexity index is 1060. The summed E-state index contributed by atoms with van der Waals surface area (Å²) in [6, 6.07) is 10.1. The molecule has 2 aromatic rings. The third-order valence-corrected chi connectivity index (χ3v) is 7.36. The number of benzene rings is 2. The Morgan fingerprint density at radius 3 is 2.34 bits per heavy atom. The molecule has 7 heteroatoms. The van der Waals surface area contributed by atoms with Crippen molar-refractivity contribution < 1.29 is 23.5 Å². The van der Waals surface area contributed by atoms with Crippen LogP contribution in [0.3, 0.4) is 0 Å². The predicted molar refractivity (Wildman–Crippen MR) is 120 cm³/mol. The molecule has 1 aliphatic heterocycles. The van der Waals surface area contributed by atoms with Crippen molar-refractivity contribution in [1.29, 1.82) is 0 Å². The van der Waals surface area contributed by atoms with Crippen LogP contribution in [0, 0.1) is 12.7 Å². The number of Topliss-reactive ketones (excluding diaryl/α,β-unsaturated/α-hetero) is 1. The Morgan fingerprint density at radius 1 is 1.06 bits per heavy atom. The first-order valence-corrected chi connectivity index (χ1v) is 11.1. The molecule has 1 saturated carbocycles. The van der Waals surface area contributed by atoms with E-state index in [1.807, 2.05) is 25.1 Å². The fraction of sp³-hybridized carbons (Fsp3) is 0.440. The monoisotopic (exact) mass is 459 g/mol. The minimum atomic E-state index is -0.885. The number of methoxy groups -OCH3 is 2. The van der Waals surface area contributed by atoms with Gasteiger partial charge in [-0.15, -0.1) is 0 Å². The molecule has 170 valence electrons. The van der Waals surface area contributed by atoms with Crippen molar-refractivity contribution in [2.45, 2.75) is 49.7 Å². The van der Waals surface area contributed by atoms with Crippen molar-refractivity contribution in [3.05, 3.63) is 58.4 Å². The van der Waals surface area contributed by atoms with Crippen LogP contribution in [0.5, 0.6) is 0 Å². The summed E-state index contributed by atoms with van der Waals surface area (Å²) < 4.78 is 25.0. The van der Waals surface area contributed by atoms with E-state index in [0.29, 0.717) is 43.4 Å². The summed E-state index contributed by atoms with van der Waals surface area (Å²) in [6.07, 6.45) is 2.26. The summed E-state index contributed by atoms with van der Waals surface area (Å²) in [7, 11) is 3.29. The molecular formula is C25H27ClFNO4. The molecule has 1 aliphatic carbocycles. The van der Waals surface area contributed by atoms with Gasteiger partial charge in [0.2, 0.25) is 5.91 Å². The summed E-state index contributed by atoms with van der Waals surface area (Å²) in [5.74, 6) is -1.79. The van der Waals surface area contributed by atoms with Gasteiger partial charge in [-0.1, -0.05) is 29.8 Å². The molecule has 32 heavy (non-hydrogen) atoms. The SMILES string of the molecule is COCC1(OC)CCC2(CC1)NC(=O)C(c1cc(-c3ccc(Cl)c(F)c3)ccc1C)C2=O. The zero-order valence-corrected chi connectivity index (χ0v) is 19.2.